The van der Waals surface area contributed by atoms with Crippen molar-refractivity contribution in [2.24, 2.45) is 0 Å². The lowest BCUT2D eigenvalue weighted by molar-refractivity contribution is -0.137. The van der Waals surface area contributed by atoms with Crippen LogP contribution >= 0.6 is 0 Å². The maximum absolute atomic E-state index is 13.8. The molecule has 4 aromatic rings. The highest BCUT2D eigenvalue weighted by Crippen LogP contribution is 2.34. The standard InChI is InChI=1S/C34H38F3N5O2/c1-22(29-20-38-30-13-5-4-12-28(29)30)31(32(43)39-27-11-6-8-23(18-27)21-41(2)3)40-33(44)42-16-14-24(15-17-42)25-9-7-10-26(19-25)34(35,36)37/h4-13,18-20,22,24,31,38H,14-17,21H2,1-3H3,(H,39,43)(H,40,44). The van der Waals surface area contributed by atoms with Gasteiger partial charge in [0, 0.05) is 48.3 Å². The average Bonchev–Trinajstić information content (AvgIpc) is 3.43. The van der Waals surface area contributed by atoms with Crippen molar-refractivity contribution in [3.63, 3.8) is 0 Å². The third-order valence-corrected chi connectivity index (χ3v) is 8.33. The molecule has 1 aliphatic heterocycles. The number of likely N-dealkylation sites (tertiary alicyclic amines) is 1. The summed E-state index contributed by atoms with van der Waals surface area (Å²) in [6.45, 7) is 3.37. The Labute approximate surface area is 255 Å². The molecular weight excluding hydrogens is 567 g/mol. The van der Waals surface area contributed by atoms with Crippen molar-refractivity contribution in [1.29, 1.82) is 0 Å². The van der Waals surface area contributed by atoms with Gasteiger partial charge in [0.15, 0.2) is 0 Å². The number of fused-ring (bicyclic) bond motifs is 1. The Hall–Kier alpha value is -4.31. The van der Waals surface area contributed by atoms with E-state index in [1.165, 1.54) is 12.1 Å². The minimum Gasteiger partial charge on any atom is -0.361 e. The summed E-state index contributed by atoms with van der Waals surface area (Å²) >= 11 is 0. The molecule has 0 radical (unpaired) electrons. The van der Waals surface area contributed by atoms with E-state index in [-0.39, 0.29) is 23.8 Å². The van der Waals surface area contributed by atoms with Crippen molar-refractivity contribution in [3.05, 3.63) is 101 Å². The van der Waals surface area contributed by atoms with Crippen LogP contribution < -0.4 is 10.6 Å². The van der Waals surface area contributed by atoms with Crippen molar-refractivity contribution in [2.45, 2.75) is 50.4 Å². The molecule has 2 atom stereocenters. The summed E-state index contributed by atoms with van der Waals surface area (Å²) in [6.07, 6.45) is -1.47. The first-order chi connectivity index (χ1) is 21.0. The van der Waals surface area contributed by atoms with Crippen molar-refractivity contribution in [3.8, 4) is 0 Å². The predicted molar refractivity (Wildman–Crippen MR) is 166 cm³/mol. The van der Waals surface area contributed by atoms with Crippen molar-refractivity contribution in [1.82, 2.24) is 20.1 Å². The van der Waals surface area contributed by atoms with E-state index in [0.717, 1.165) is 28.1 Å². The first-order valence-corrected chi connectivity index (χ1v) is 14.8. The van der Waals surface area contributed by atoms with Gasteiger partial charge in [-0.3, -0.25) is 4.79 Å². The van der Waals surface area contributed by atoms with Crippen molar-refractivity contribution >= 4 is 28.5 Å². The molecule has 1 saturated heterocycles. The molecule has 10 heteroatoms. The fourth-order valence-corrected chi connectivity index (χ4v) is 6.01. The molecule has 1 aliphatic rings. The van der Waals surface area contributed by atoms with E-state index in [2.05, 4.69) is 15.6 Å². The largest absolute Gasteiger partial charge is 0.416 e. The van der Waals surface area contributed by atoms with Gasteiger partial charge in [0.2, 0.25) is 5.91 Å². The molecule has 1 fully saturated rings. The quantitative estimate of drug-likeness (QED) is 0.203. The second kappa shape index (κ2) is 13.1. The summed E-state index contributed by atoms with van der Waals surface area (Å²) in [7, 11) is 3.95. The van der Waals surface area contributed by atoms with Crippen LogP contribution in [0.3, 0.4) is 0 Å². The number of H-pyrrole nitrogens is 1. The van der Waals surface area contributed by atoms with Crippen LogP contribution in [-0.2, 0) is 17.5 Å². The number of aromatic nitrogens is 1. The van der Waals surface area contributed by atoms with E-state index < -0.39 is 17.8 Å². The second-order valence-electron chi connectivity index (χ2n) is 11.8. The molecular formula is C34H38F3N5O2. The molecule has 0 spiro atoms. The molecule has 2 unspecified atom stereocenters. The molecule has 7 nitrogen and oxygen atoms in total. The smallest absolute Gasteiger partial charge is 0.361 e. The summed E-state index contributed by atoms with van der Waals surface area (Å²) in [5.41, 5.74) is 3.49. The zero-order chi connectivity index (χ0) is 31.4. The molecule has 5 rings (SSSR count). The van der Waals surface area contributed by atoms with E-state index in [4.69, 9.17) is 0 Å². The summed E-state index contributed by atoms with van der Waals surface area (Å²) in [4.78, 5) is 34.4. The Morgan fingerprint density at radius 2 is 1.73 bits per heavy atom. The number of para-hydroxylation sites is 1. The van der Waals surface area contributed by atoms with Crippen LogP contribution in [0.2, 0.25) is 0 Å². The van der Waals surface area contributed by atoms with Gasteiger partial charge in [0.1, 0.15) is 6.04 Å². The number of hydrogen-bond acceptors (Lipinski definition) is 3. The van der Waals surface area contributed by atoms with E-state index in [9.17, 15) is 22.8 Å². The Morgan fingerprint density at radius 1 is 1.00 bits per heavy atom. The Morgan fingerprint density at radius 3 is 2.45 bits per heavy atom. The summed E-state index contributed by atoms with van der Waals surface area (Å²) < 4.78 is 39.8. The van der Waals surface area contributed by atoms with Gasteiger partial charge in [-0.1, -0.05) is 55.5 Å². The number of amides is 3. The number of nitrogens with one attached hydrogen (secondary N) is 3. The van der Waals surface area contributed by atoms with Crippen LogP contribution in [0.4, 0.5) is 23.7 Å². The molecule has 3 aromatic carbocycles. The number of hydrogen-bond donors (Lipinski definition) is 3. The lowest BCUT2D eigenvalue weighted by Gasteiger charge is -2.34. The number of anilines is 1. The third-order valence-electron chi connectivity index (χ3n) is 8.33. The summed E-state index contributed by atoms with van der Waals surface area (Å²) in [5, 5.41) is 6.98. The zero-order valence-electron chi connectivity index (χ0n) is 25.1. The number of halogens is 3. The zero-order valence-corrected chi connectivity index (χ0v) is 25.1. The van der Waals surface area contributed by atoms with Crippen LogP contribution in [0.5, 0.6) is 0 Å². The van der Waals surface area contributed by atoms with E-state index in [1.54, 1.807) is 11.0 Å². The summed E-state index contributed by atoms with van der Waals surface area (Å²) in [5.74, 6) is -0.792. The SMILES string of the molecule is CC(c1c[nH]c2ccccc12)C(NC(=O)N1CCC(c2cccc(C(F)(F)F)c2)CC1)C(=O)Nc1cccc(CN(C)C)c1. The van der Waals surface area contributed by atoms with Gasteiger partial charge in [-0.25, -0.2) is 4.79 Å². The van der Waals surface area contributed by atoms with Crippen LogP contribution in [0.1, 0.15) is 53.9 Å². The monoisotopic (exact) mass is 605 g/mol. The highest BCUT2D eigenvalue weighted by atomic mass is 19.4. The fraction of sp³-hybridized carbons (Fsp3) is 0.353. The number of nitrogens with zero attached hydrogens (tertiary/aromatic N) is 2. The predicted octanol–water partition coefficient (Wildman–Crippen LogP) is 6.95. The molecule has 44 heavy (non-hydrogen) atoms. The normalized spacial score (nSPS) is 15.8. The van der Waals surface area contributed by atoms with Gasteiger partial charge in [-0.05, 0) is 73.8 Å². The third kappa shape index (κ3) is 7.24. The molecule has 0 saturated carbocycles. The lowest BCUT2D eigenvalue weighted by atomic mass is 9.88. The number of alkyl halides is 3. The maximum atomic E-state index is 13.8. The minimum absolute atomic E-state index is 0.0833. The van der Waals surface area contributed by atoms with Gasteiger partial charge in [0.25, 0.3) is 0 Å². The number of piperidine rings is 1. The van der Waals surface area contributed by atoms with Crippen LogP contribution in [0.15, 0.2) is 79.0 Å². The first kappa shape index (κ1) is 31.1. The first-order valence-electron chi connectivity index (χ1n) is 14.8. The molecule has 0 bridgehead atoms. The van der Waals surface area contributed by atoms with Crippen LogP contribution in [0.25, 0.3) is 10.9 Å². The number of benzene rings is 3. The highest BCUT2D eigenvalue weighted by molar-refractivity contribution is 5.98. The molecule has 1 aromatic heterocycles. The lowest BCUT2D eigenvalue weighted by Crippen LogP contribution is -2.53. The van der Waals surface area contributed by atoms with Gasteiger partial charge in [-0.15, -0.1) is 0 Å². The van der Waals surface area contributed by atoms with Crippen LogP contribution in [-0.4, -0.2) is 59.9 Å². The average molecular weight is 606 g/mol. The molecule has 232 valence electrons. The summed E-state index contributed by atoms with van der Waals surface area (Å²) in [6, 6.07) is 19.6. The van der Waals surface area contributed by atoms with Crippen molar-refractivity contribution < 1.29 is 22.8 Å². The van der Waals surface area contributed by atoms with Gasteiger partial charge in [0.05, 0.1) is 5.56 Å². The van der Waals surface area contributed by atoms with Crippen molar-refractivity contribution in [2.75, 3.05) is 32.5 Å². The van der Waals surface area contributed by atoms with Gasteiger partial charge in [-0.2, -0.15) is 13.2 Å². The van der Waals surface area contributed by atoms with Gasteiger partial charge >= 0.3 is 12.2 Å². The van der Waals surface area contributed by atoms with E-state index in [0.29, 0.717) is 43.7 Å². The molecule has 2 heterocycles. The Balaban J connectivity index is 1.32. The number of rotatable bonds is 8. The van der Waals surface area contributed by atoms with Crippen LogP contribution in [0, 0.1) is 0 Å². The number of carbonyl (C=O) groups excluding carboxylic acids is 2. The molecule has 3 N–H and O–H groups in total. The topological polar surface area (TPSA) is 80.5 Å². The van der Waals surface area contributed by atoms with E-state index in [1.807, 2.05) is 80.6 Å². The minimum atomic E-state index is -4.40. The Kier molecular flexibility index (Phi) is 9.29. The molecule has 0 aliphatic carbocycles. The van der Waals surface area contributed by atoms with E-state index >= 15 is 0 Å². The van der Waals surface area contributed by atoms with Gasteiger partial charge < -0.3 is 25.4 Å². The fourth-order valence-electron chi connectivity index (χ4n) is 6.01. The molecule has 3 amide bonds. The highest BCUT2D eigenvalue weighted by Gasteiger charge is 2.34. The Bertz CT molecular complexity index is 1610. The number of aromatic amines is 1. The second-order valence-corrected chi connectivity index (χ2v) is 11.8. The number of carbonyl (C=O) groups is 2. The number of urea groups is 1. The maximum Gasteiger partial charge on any atom is 0.416 e.